The van der Waals surface area contributed by atoms with Crippen LogP contribution in [0.15, 0.2) is 47.5 Å². The van der Waals surface area contributed by atoms with Crippen LogP contribution < -0.4 is 0 Å². The van der Waals surface area contributed by atoms with Gasteiger partial charge in [-0.3, -0.25) is 0 Å². The number of allylic oxidation sites excluding steroid dienone is 6. The van der Waals surface area contributed by atoms with E-state index < -0.39 is 137 Å². The highest BCUT2D eigenvalue weighted by atomic mass is 19.4. The van der Waals surface area contributed by atoms with E-state index in [-0.39, 0.29) is 36.4 Å². The van der Waals surface area contributed by atoms with Crippen molar-refractivity contribution in [1.29, 1.82) is 31.6 Å². The van der Waals surface area contributed by atoms with Crippen LogP contribution in [-0.4, -0.2) is 0 Å². The second kappa shape index (κ2) is 13.3. The maximum atomic E-state index is 17.2. The molecule has 3 aromatic rings. The Kier molecular flexibility index (Phi) is 9.51. The fraction of sp³-hybridized carbons (Fsp3) is 0.167. The van der Waals surface area contributed by atoms with Gasteiger partial charge in [0.2, 0.25) is 0 Å². The minimum atomic E-state index is -5.54. The van der Waals surface area contributed by atoms with Gasteiger partial charge in [0.15, 0.2) is 0 Å². The number of benzene rings is 3. The lowest BCUT2D eigenvalue weighted by Crippen LogP contribution is -2.14. The highest BCUT2D eigenvalue weighted by Crippen LogP contribution is 2.60. The van der Waals surface area contributed by atoms with Crippen LogP contribution in [0.25, 0.3) is 22.3 Å². The highest BCUT2D eigenvalue weighted by molar-refractivity contribution is 6.26. The quantitative estimate of drug-likeness (QED) is 0.187. The Bertz CT molecular complexity index is 2530. The lowest BCUT2D eigenvalue weighted by Gasteiger charge is -2.21. The number of alkyl halides is 12. The third kappa shape index (κ3) is 6.32. The summed E-state index contributed by atoms with van der Waals surface area (Å²) in [5, 5.41) is 59.6. The molecule has 0 saturated carbocycles. The van der Waals surface area contributed by atoms with Crippen molar-refractivity contribution in [3.63, 3.8) is 0 Å². The van der Waals surface area contributed by atoms with Crippen molar-refractivity contribution in [3.8, 4) is 36.4 Å². The van der Waals surface area contributed by atoms with E-state index in [4.69, 9.17) is 0 Å². The van der Waals surface area contributed by atoms with Crippen LogP contribution in [0.3, 0.4) is 0 Å². The summed E-state index contributed by atoms with van der Waals surface area (Å²) in [4.78, 5) is 0. The van der Waals surface area contributed by atoms with Crippen molar-refractivity contribution in [1.82, 2.24) is 0 Å². The Balaban J connectivity index is 2.02. The monoisotopic (exact) mass is 790 g/mol. The fourth-order valence-electron chi connectivity index (χ4n) is 6.57. The Morgan fingerprint density at radius 1 is 0.518 bits per heavy atom. The zero-order chi connectivity index (χ0) is 42.0. The lowest BCUT2D eigenvalue weighted by molar-refractivity contribution is -0.144. The Morgan fingerprint density at radius 2 is 0.946 bits per heavy atom. The number of rotatable bonds is 2. The Hall–Kier alpha value is -7.16. The van der Waals surface area contributed by atoms with Crippen LogP contribution >= 0.6 is 0 Å². The maximum absolute atomic E-state index is 17.2. The standard InChI is InChI=1S/C36H8F14N6/c37-31-27-21(11-55)23(13-1-17(33(39,40)41)5-18(2-13)34(42,43)44)25(15(7-51)8-52)29(27)32(38)28-22(12-56)24(26(30(28)31)16(9-53)10-54)14-3-19(35(45,46)47)6-20(4-14)36(48,49)50/h1-6,21,23H. The first kappa shape index (κ1) is 40.0. The van der Waals surface area contributed by atoms with Gasteiger partial charge in [0.25, 0.3) is 0 Å². The van der Waals surface area contributed by atoms with E-state index in [1.807, 2.05) is 0 Å². The molecule has 2 unspecified atom stereocenters. The minimum absolute atomic E-state index is 0.00154. The molecule has 0 heterocycles. The minimum Gasteiger partial charge on any atom is -0.206 e. The first-order chi connectivity index (χ1) is 25.9. The molecule has 0 radical (unpaired) electrons. The van der Waals surface area contributed by atoms with Gasteiger partial charge in [0.1, 0.15) is 53.1 Å². The van der Waals surface area contributed by atoms with Crippen molar-refractivity contribution in [2.24, 2.45) is 0 Å². The molecule has 20 heteroatoms. The summed E-state index contributed by atoms with van der Waals surface area (Å²) in [6.07, 6.45) is -22.1. The summed E-state index contributed by atoms with van der Waals surface area (Å²) >= 11 is 0. The van der Waals surface area contributed by atoms with Gasteiger partial charge in [-0.05, 0) is 47.5 Å². The number of nitrogens with zero attached hydrogens (tertiary/aromatic N) is 6. The second-order valence-electron chi connectivity index (χ2n) is 11.7. The van der Waals surface area contributed by atoms with Crippen molar-refractivity contribution in [2.45, 2.75) is 36.5 Å². The smallest absolute Gasteiger partial charge is 0.206 e. The molecule has 280 valence electrons. The summed E-state index contributed by atoms with van der Waals surface area (Å²) < 4.78 is 201. The maximum Gasteiger partial charge on any atom is 0.416 e. The van der Waals surface area contributed by atoms with E-state index in [1.165, 1.54) is 36.4 Å². The molecule has 0 aliphatic heterocycles. The van der Waals surface area contributed by atoms with Gasteiger partial charge in [-0.25, -0.2) is 8.78 Å². The van der Waals surface area contributed by atoms with Gasteiger partial charge < -0.3 is 0 Å². The average molecular weight is 790 g/mol. The first-order valence-corrected chi connectivity index (χ1v) is 14.7. The van der Waals surface area contributed by atoms with Crippen LogP contribution in [0.4, 0.5) is 61.5 Å². The molecule has 0 fully saturated rings. The summed E-state index contributed by atoms with van der Waals surface area (Å²) in [6.45, 7) is 0. The van der Waals surface area contributed by atoms with Crippen molar-refractivity contribution in [3.05, 3.63) is 115 Å². The molecule has 6 nitrogen and oxygen atoms in total. The molecule has 0 amide bonds. The van der Waals surface area contributed by atoms with Gasteiger partial charge in [0, 0.05) is 44.9 Å². The fourth-order valence-corrected chi connectivity index (χ4v) is 6.57. The molecule has 2 atom stereocenters. The van der Waals surface area contributed by atoms with E-state index in [1.54, 1.807) is 0 Å². The molecule has 0 aromatic heterocycles. The molecular weight excluding hydrogens is 782 g/mol. The van der Waals surface area contributed by atoms with Gasteiger partial charge in [-0.1, -0.05) is 0 Å². The topological polar surface area (TPSA) is 143 Å². The molecule has 0 N–H and O–H groups in total. The number of hydrogen-bond donors (Lipinski definition) is 0. The summed E-state index contributed by atoms with van der Waals surface area (Å²) in [7, 11) is 0. The van der Waals surface area contributed by atoms with Gasteiger partial charge in [-0.2, -0.15) is 84.3 Å². The van der Waals surface area contributed by atoms with Crippen molar-refractivity contribution >= 4 is 22.3 Å². The largest absolute Gasteiger partial charge is 0.416 e. The zero-order valence-corrected chi connectivity index (χ0v) is 26.6. The normalized spacial score (nSPS) is 16.5. The molecule has 3 aromatic carbocycles. The molecular formula is C36H8F14N6. The highest BCUT2D eigenvalue weighted by Gasteiger charge is 2.50. The molecule has 5 rings (SSSR count). The first-order valence-electron chi connectivity index (χ1n) is 14.7. The molecule has 56 heavy (non-hydrogen) atoms. The number of hydrogen-bond acceptors (Lipinski definition) is 6. The third-order valence-electron chi connectivity index (χ3n) is 8.70. The lowest BCUT2D eigenvalue weighted by atomic mass is 9.82. The molecule has 2 aliphatic carbocycles. The van der Waals surface area contributed by atoms with Crippen LogP contribution in [0.5, 0.6) is 0 Å². The summed E-state index contributed by atoms with van der Waals surface area (Å²) in [6, 6.07) is 6.86. The van der Waals surface area contributed by atoms with E-state index in [2.05, 4.69) is 0 Å². The number of fused-ring (bicyclic) bond motifs is 2. The van der Waals surface area contributed by atoms with E-state index in [0.29, 0.717) is 0 Å². The second-order valence-corrected chi connectivity index (χ2v) is 11.7. The summed E-state index contributed by atoms with van der Waals surface area (Å²) in [5.41, 5.74) is -23.6. The molecule has 2 aliphatic rings. The van der Waals surface area contributed by atoms with Crippen LogP contribution in [-0.2, 0) is 24.7 Å². The summed E-state index contributed by atoms with van der Waals surface area (Å²) in [5.74, 6) is -8.84. The van der Waals surface area contributed by atoms with Gasteiger partial charge in [0.05, 0.1) is 39.8 Å². The molecule has 0 saturated heterocycles. The van der Waals surface area contributed by atoms with Gasteiger partial charge in [-0.15, -0.1) is 0 Å². The third-order valence-corrected chi connectivity index (χ3v) is 8.70. The van der Waals surface area contributed by atoms with Crippen LogP contribution in [0.1, 0.15) is 67.5 Å². The number of halogens is 14. The van der Waals surface area contributed by atoms with E-state index in [0.717, 1.165) is 0 Å². The average Bonchev–Trinajstić information content (AvgIpc) is 3.64. The van der Waals surface area contributed by atoms with E-state index >= 15 is 8.78 Å². The van der Waals surface area contributed by atoms with Gasteiger partial charge >= 0.3 is 24.7 Å². The number of nitriles is 6. The van der Waals surface area contributed by atoms with Crippen LogP contribution in [0.2, 0.25) is 0 Å². The predicted molar refractivity (Wildman–Crippen MR) is 159 cm³/mol. The van der Waals surface area contributed by atoms with Crippen molar-refractivity contribution in [2.75, 3.05) is 0 Å². The van der Waals surface area contributed by atoms with Crippen LogP contribution in [0, 0.1) is 79.6 Å². The predicted octanol–water partition coefficient (Wildman–Crippen LogP) is 10.5. The zero-order valence-electron chi connectivity index (χ0n) is 26.6. The molecule has 0 bridgehead atoms. The Morgan fingerprint density at radius 3 is 1.32 bits per heavy atom. The Labute approximate surface area is 303 Å². The molecule has 0 spiro atoms. The van der Waals surface area contributed by atoms with Crippen molar-refractivity contribution < 1.29 is 61.5 Å². The van der Waals surface area contributed by atoms with E-state index in [9.17, 15) is 84.3 Å². The SMILES string of the molecule is N#CC(C#N)=C1C(c2cc(C(F)(F)F)cc(C(F)(F)F)c2)=C(C#N)c2c(F)c3c(c(F)c21)C(C#N)C(c1cc(C(F)(F)F)cc(C(F)(F)F)c1)C3=C(C#N)C#N.